The van der Waals surface area contributed by atoms with Crippen molar-refractivity contribution < 1.29 is 25.2 Å². The Hall–Kier alpha value is -0.460. The van der Waals surface area contributed by atoms with Crippen molar-refractivity contribution in [2.75, 3.05) is 6.61 Å². The first-order valence-corrected chi connectivity index (χ1v) is 4.02. The minimum Gasteiger partial charge on any atom is -0.388 e. The topological polar surface area (TPSA) is 90.2 Å². The lowest BCUT2D eigenvalue weighted by Crippen LogP contribution is -2.60. The predicted molar refractivity (Wildman–Crippen MR) is 43.7 cm³/mol. The quantitative estimate of drug-likeness (QED) is 0.392. The SMILES string of the molecule is C=CCC1(O)OC[C@@H](O)[C@H](O)[C@H]1O. The van der Waals surface area contributed by atoms with Crippen LogP contribution in [0.1, 0.15) is 6.42 Å². The first-order valence-electron chi connectivity index (χ1n) is 4.02. The van der Waals surface area contributed by atoms with Crippen molar-refractivity contribution >= 4 is 0 Å². The van der Waals surface area contributed by atoms with Gasteiger partial charge in [-0.3, -0.25) is 0 Å². The van der Waals surface area contributed by atoms with E-state index in [1.54, 1.807) is 0 Å². The molecule has 0 aliphatic carbocycles. The van der Waals surface area contributed by atoms with Gasteiger partial charge in [0.25, 0.3) is 0 Å². The summed E-state index contributed by atoms with van der Waals surface area (Å²) in [5.41, 5.74) is 0. The molecule has 1 unspecified atom stereocenters. The zero-order valence-corrected chi connectivity index (χ0v) is 7.13. The number of aliphatic hydroxyl groups excluding tert-OH is 3. The second kappa shape index (κ2) is 3.73. The van der Waals surface area contributed by atoms with E-state index < -0.39 is 24.1 Å². The molecule has 5 nitrogen and oxygen atoms in total. The van der Waals surface area contributed by atoms with Gasteiger partial charge in [-0.25, -0.2) is 0 Å². The van der Waals surface area contributed by atoms with Crippen LogP contribution in [-0.2, 0) is 4.74 Å². The highest BCUT2D eigenvalue weighted by Crippen LogP contribution is 2.26. The van der Waals surface area contributed by atoms with E-state index in [2.05, 4.69) is 6.58 Å². The second-order valence-corrected chi connectivity index (χ2v) is 3.15. The van der Waals surface area contributed by atoms with E-state index in [0.29, 0.717) is 0 Å². The molecule has 0 aromatic heterocycles. The summed E-state index contributed by atoms with van der Waals surface area (Å²) in [6.45, 7) is 3.18. The van der Waals surface area contributed by atoms with Crippen molar-refractivity contribution in [1.82, 2.24) is 0 Å². The molecule has 4 N–H and O–H groups in total. The van der Waals surface area contributed by atoms with E-state index in [4.69, 9.17) is 9.84 Å². The molecule has 0 amide bonds. The van der Waals surface area contributed by atoms with E-state index in [9.17, 15) is 15.3 Å². The van der Waals surface area contributed by atoms with Crippen LogP contribution in [0.2, 0.25) is 0 Å². The van der Waals surface area contributed by atoms with Crippen molar-refractivity contribution in [3.63, 3.8) is 0 Å². The molecule has 1 heterocycles. The molecule has 0 saturated carbocycles. The molecule has 13 heavy (non-hydrogen) atoms. The van der Waals surface area contributed by atoms with Gasteiger partial charge in [-0.15, -0.1) is 6.58 Å². The van der Waals surface area contributed by atoms with E-state index >= 15 is 0 Å². The van der Waals surface area contributed by atoms with Crippen molar-refractivity contribution in [3.8, 4) is 0 Å². The summed E-state index contributed by atoms with van der Waals surface area (Å²) in [4.78, 5) is 0. The maximum atomic E-state index is 9.61. The lowest BCUT2D eigenvalue weighted by Gasteiger charge is -2.41. The van der Waals surface area contributed by atoms with Gasteiger partial charge >= 0.3 is 0 Å². The summed E-state index contributed by atoms with van der Waals surface area (Å²) in [5, 5.41) is 37.3. The number of aliphatic hydroxyl groups is 4. The molecule has 1 rings (SSSR count). The van der Waals surface area contributed by atoms with Crippen LogP contribution in [0, 0.1) is 0 Å². The Morgan fingerprint density at radius 1 is 1.46 bits per heavy atom. The normalized spacial score (nSPS) is 46.0. The molecule has 0 aromatic carbocycles. The first-order chi connectivity index (χ1) is 6.01. The molecule has 76 valence electrons. The molecular weight excluding hydrogens is 176 g/mol. The fourth-order valence-corrected chi connectivity index (χ4v) is 1.28. The van der Waals surface area contributed by atoms with Gasteiger partial charge in [-0.1, -0.05) is 6.08 Å². The Labute approximate surface area is 75.9 Å². The van der Waals surface area contributed by atoms with Crippen molar-refractivity contribution in [1.29, 1.82) is 0 Å². The third kappa shape index (κ3) is 1.90. The van der Waals surface area contributed by atoms with Crippen molar-refractivity contribution in [2.24, 2.45) is 0 Å². The van der Waals surface area contributed by atoms with Gasteiger partial charge in [0.1, 0.15) is 18.3 Å². The summed E-state index contributed by atoms with van der Waals surface area (Å²) >= 11 is 0. The minimum absolute atomic E-state index is 0.00204. The van der Waals surface area contributed by atoms with Gasteiger partial charge < -0.3 is 25.2 Å². The monoisotopic (exact) mass is 190 g/mol. The standard InChI is InChI=1S/C8H14O5/c1-2-3-8(12)7(11)6(10)5(9)4-13-8/h2,5-7,9-12H,1,3-4H2/t5-,6+,7-,8?/m1/s1. The average molecular weight is 190 g/mol. The van der Waals surface area contributed by atoms with Crippen LogP contribution in [-0.4, -0.2) is 51.1 Å². The summed E-state index contributed by atoms with van der Waals surface area (Å²) in [7, 11) is 0. The molecule has 0 bridgehead atoms. The lowest BCUT2D eigenvalue weighted by atomic mass is 9.94. The van der Waals surface area contributed by atoms with Crippen LogP contribution in [0.3, 0.4) is 0 Å². The third-order valence-electron chi connectivity index (χ3n) is 2.12. The van der Waals surface area contributed by atoms with Gasteiger partial charge in [0.05, 0.1) is 6.61 Å². The minimum atomic E-state index is -1.83. The Morgan fingerprint density at radius 2 is 2.08 bits per heavy atom. The van der Waals surface area contributed by atoms with E-state index in [1.807, 2.05) is 0 Å². The summed E-state index contributed by atoms with van der Waals surface area (Å²) < 4.78 is 4.83. The Bertz CT molecular complexity index is 195. The molecule has 0 radical (unpaired) electrons. The summed E-state index contributed by atoms with van der Waals surface area (Å²) in [6.07, 6.45) is -2.71. The average Bonchev–Trinajstić information content (AvgIpc) is 2.10. The Morgan fingerprint density at radius 3 is 2.62 bits per heavy atom. The third-order valence-corrected chi connectivity index (χ3v) is 2.12. The molecule has 0 spiro atoms. The van der Waals surface area contributed by atoms with Gasteiger partial charge in [0, 0.05) is 6.42 Å². The predicted octanol–water partition coefficient (Wildman–Crippen LogP) is -1.64. The largest absolute Gasteiger partial charge is 0.388 e. The van der Waals surface area contributed by atoms with Crippen LogP contribution < -0.4 is 0 Å². The second-order valence-electron chi connectivity index (χ2n) is 3.15. The van der Waals surface area contributed by atoms with Gasteiger partial charge in [0.15, 0.2) is 5.79 Å². The van der Waals surface area contributed by atoms with Crippen molar-refractivity contribution in [3.05, 3.63) is 12.7 Å². The molecule has 5 heteroatoms. The molecule has 4 atom stereocenters. The zero-order valence-electron chi connectivity index (χ0n) is 7.13. The van der Waals surface area contributed by atoms with E-state index in [1.165, 1.54) is 6.08 Å². The maximum absolute atomic E-state index is 9.61. The molecular formula is C8H14O5. The molecule has 1 fully saturated rings. The van der Waals surface area contributed by atoms with Crippen molar-refractivity contribution in [2.45, 2.75) is 30.5 Å². The number of rotatable bonds is 2. The van der Waals surface area contributed by atoms with Gasteiger partial charge in [0.2, 0.25) is 0 Å². The van der Waals surface area contributed by atoms with E-state index in [0.717, 1.165) is 0 Å². The Balaban J connectivity index is 2.72. The van der Waals surface area contributed by atoms with E-state index in [-0.39, 0.29) is 13.0 Å². The zero-order chi connectivity index (χ0) is 10.1. The first kappa shape index (κ1) is 10.6. The van der Waals surface area contributed by atoms with Crippen LogP contribution >= 0.6 is 0 Å². The molecule has 1 aliphatic rings. The van der Waals surface area contributed by atoms with Gasteiger partial charge in [-0.2, -0.15) is 0 Å². The van der Waals surface area contributed by atoms with Crippen LogP contribution in [0.25, 0.3) is 0 Å². The fourth-order valence-electron chi connectivity index (χ4n) is 1.28. The van der Waals surface area contributed by atoms with Gasteiger partial charge in [-0.05, 0) is 0 Å². The van der Waals surface area contributed by atoms with Crippen LogP contribution in [0.5, 0.6) is 0 Å². The molecule has 1 aliphatic heterocycles. The highest BCUT2D eigenvalue weighted by atomic mass is 16.6. The highest BCUT2D eigenvalue weighted by Gasteiger charge is 2.47. The van der Waals surface area contributed by atoms with Crippen LogP contribution in [0.15, 0.2) is 12.7 Å². The van der Waals surface area contributed by atoms with Crippen LogP contribution in [0.4, 0.5) is 0 Å². The number of hydrogen-bond acceptors (Lipinski definition) is 5. The summed E-state index contributed by atoms with van der Waals surface area (Å²) in [5.74, 6) is -1.83. The highest BCUT2D eigenvalue weighted by molar-refractivity contribution is 4.94. The molecule has 1 saturated heterocycles. The maximum Gasteiger partial charge on any atom is 0.198 e. The number of hydrogen-bond donors (Lipinski definition) is 4. The summed E-state index contributed by atoms with van der Waals surface area (Å²) in [6, 6.07) is 0. The Kier molecular flexibility index (Phi) is 3.05. The lowest BCUT2D eigenvalue weighted by molar-refractivity contribution is -0.319. The molecule has 0 aromatic rings. The fraction of sp³-hybridized carbons (Fsp3) is 0.750. The smallest absolute Gasteiger partial charge is 0.198 e. The number of ether oxygens (including phenoxy) is 1.